The second kappa shape index (κ2) is 8.02. The standard InChI is InChI=1S/C22H17FN2O4/c1-27-21-10-16-15-7-3-5-9-19(15)29-20(16)11-18(21)25-22(26)13-28-24-12-14-6-2-4-8-17(14)23/h2-12H,13H2,1H3,(H,25,26)/b24-12-. The minimum absolute atomic E-state index is 0.268. The fraction of sp³-hybridized carbons (Fsp3) is 0.0909. The van der Waals surface area contributed by atoms with Gasteiger partial charge in [0.15, 0.2) is 6.61 Å². The van der Waals surface area contributed by atoms with Gasteiger partial charge in [0.1, 0.15) is 22.7 Å². The maximum atomic E-state index is 13.5. The molecule has 6 nitrogen and oxygen atoms in total. The summed E-state index contributed by atoms with van der Waals surface area (Å²) >= 11 is 0. The number of furan rings is 1. The molecule has 1 aromatic heterocycles. The number of hydrogen-bond acceptors (Lipinski definition) is 5. The maximum Gasteiger partial charge on any atom is 0.265 e. The Morgan fingerprint density at radius 2 is 1.90 bits per heavy atom. The van der Waals surface area contributed by atoms with Crippen molar-refractivity contribution in [3.8, 4) is 5.75 Å². The Morgan fingerprint density at radius 3 is 2.72 bits per heavy atom. The molecule has 0 saturated carbocycles. The molecule has 1 heterocycles. The van der Waals surface area contributed by atoms with Crippen molar-refractivity contribution in [2.24, 2.45) is 5.16 Å². The molecule has 7 heteroatoms. The van der Waals surface area contributed by atoms with Gasteiger partial charge in [0.2, 0.25) is 0 Å². The maximum absolute atomic E-state index is 13.5. The number of nitrogens with one attached hydrogen (secondary N) is 1. The lowest BCUT2D eigenvalue weighted by Gasteiger charge is -2.09. The molecule has 0 spiro atoms. The van der Waals surface area contributed by atoms with Crippen LogP contribution >= 0.6 is 0 Å². The molecule has 0 saturated heterocycles. The van der Waals surface area contributed by atoms with Gasteiger partial charge in [-0.15, -0.1) is 0 Å². The number of methoxy groups -OCH3 is 1. The van der Waals surface area contributed by atoms with E-state index < -0.39 is 11.7 Å². The summed E-state index contributed by atoms with van der Waals surface area (Å²) in [6, 6.07) is 17.3. The van der Waals surface area contributed by atoms with Crippen molar-refractivity contribution in [1.82, 2.24) is 0 Å². The van der Waals surface area contributed by atoms with Crippen LogP contribution in [0.4, 0.5) is 10.1 Å². The van der Waals surface area contributed by atoms with Crippen molar-refractivity contribution in [1.29, 1.82) is 0 Å². The van der Waals surface area contributed by atoms with Crippen LogP contribution in [0.3, 0.4) is 0 Å². The first-order valence-corrected chi connectivity index (χ1v) is 8.84. The van der Waals surface area contributed by atoms with Gasteiger partial charge in [-0.1, -0.05) is 41.6 Å². The summed E-state index contributed by atoms with van der Waals surface area (Å²) in [6.45, 7) is -0.341. The summed E-state index contributed by atoms with van der Waals surface area (Å²) < 4.78 is 24.7. The van der Waals surface area contributed by atoms with E-state index in [1.165, 1.54) is 19.4 Å². The highest BCUT2D eigenvalue weighted by Crippen LogP contribution is 2.36. The van der Waals surface area contributed by atoms with E-state index in [4.69, 9.17) is 14.0 Å². The fourth-order valence-corrected chi connectivity index (χ4v) is 2.97. The molecule has 0 unspecified atom stereocenters. The molecule has 4 rings (SSSR count). The molecule has 0 aliphatic rings. The Balaban J connectivity index is 1.47. The smallest absolute Gasteiger partial charge is 0.265 e. The van der Waals surface area contributed by atoms with Gasteiger partial charge in [0, 0.05) is 22.4 Å². The number of rotatable bonds is 6. The molecule has 0 atom stereocenters. The molecule has 29 heavy (non-hydrogen) atoms. The zero-order valence-corrected chi connectivity index (χ0v) is 15.5. The minimum Gasteiger partial charge on any atom is -0.495 e. The number of carbonyl (C=O) groups is 1. The number of benzene rings is 3. The van der Waals surface area contributed by atoms with Crippen LogP contribution in [-0.2, 0) is 9.63 Å². The van der Waals surface area contributed by atoms with Gasteiger partial charge in [-0.3, -0.25) is 4.79 Å². The summed E-state index contributed by atoms with van der Waals surface area (Å²) in [5.74, 6) is -0.370. The molecule has 0 radical (unpaired) electrons. The number of carbonyl (C=O) groups excluding carboxylic acids is 1. The van der Waals surface area contributed by atoms with Gasteiger partial charge >= 0.3 is 0 Å². The van der Waals surface area contributed by atoms with Crippen LogP contribution in [0.2, 0.25) is 0 Å². The van der Waals surface area contributed by atoms with Gasteiger partial charge < -0.3 is 19.3 Å². The van der Waals surface area contributed by atoms with Gasteiger partial charge in [-0.25, -0.2) is 4.39 Å². The summed E-state index contributed by atoms with van der Waals surface area (Å²) in [5.41, 5.74) is 2.09. The number of ether oxygens (including phenoxy) is 1. The van der Waals surface area contributed by atoms with Gasteiger partial charge in [-0.05, 0) is 18.2 Å². The molecule has 0 aliphatic carbocycles. The predicted molar refractivity (Wildman–Crippen MR) is 109 cm³/mol. The van der Waals surface area contributed by atoms with E-state index in [-0.39, 0.29) is 12.2 Å². The van der Waals surface area contributed by atoms with E-state index in [1.807, 2.05) is 30.3 Å². The summed E-state index contributed by atoms with van der Waals surface area (Å²) in [6.07, 6.45) is 1.21. The second-order valence-corrected chi connectivity index (χ2v) is 6.22. The molecule has 0 aliphatic heterocycles. The Hall–Kier alpha value is -3.87. The zero-order chi connectivity index (χ0) is 20.2. The predicted octanol–water partition coefficient (Wildman–Crippen LogP) is 4.72. The third-order valence-corrected chi connectivity index (χ3v) is 4.34. The number of amides is 1. The Morgan fingerprint density at radius 1 is 1.10 bits per heavy atom. The molecule has 3 aromatic carbocycles. The van der Waals surface area contributed by atoms with Crippen LogP contribution in [-0.4, -0.2) is 25.8 Å². The largest absolute Gasteiger partial charge is 0.495 e. The highest BCUT2D eigenvalue weighted by Gasteiger charge is 2.14. The third kappa shape index (κ3) is 3.89. The Bertz CT molecular complexity index is 1220. The van der Waals surface area contributed by atoms with Gasteiger partial charge in [0.25, 0.3) is 5.91 Å². The molecule has 4 aromatic rings. The lowest BCUT2D eigenvalue weighted by atomic mass is 10.1. The lowest BCUT2D eigenvalue weighted by Crippen LogP contribution is -2.17. The van der Waals surface area contributed by atoms with Gasteiger partial charge in [-0.2, -0.15) is 0 Å². The second-order valence-electron chi connectivity index (χ2n) is 6.22. The van der Waals surface area contributed by atoms with E-state index in [2.05, 4.69) is 10.5 Å². The number of halogens is 1. The van der Waals surface area contributed by atoms with E-state index in [1.54, 1.807) is 24.3 Å². The van der Waals surface area contributed by atoms with Crippen molar-refractivity contribution in [3.05, 3.63) is 72.0 Å². The summed E-state index contributed by atoms with van der Waals surface area (Å²) in [7, 11) is 1.52. The van der Waals surface area contributed by atoms with E-state index in [0.29, 0.717) is 17.0 Å². The Labute approximate surface area is 165 Å². The van der Waals surface area contributed by atoms with E-state index in [9.17, 15) is 9.18 Å². The quantitative estimate of drug-likeness (QED) is 0.381. The van der Waals surface area contributed by atoms with Crippen LogP contribution in [0.1, 0.15) is 5.56 Å². The van der Waals surface area contributed by atoms with Crippen molar-refractivity contribution >= 4 is 39.7 Å². The minimum atomic E-state index is -0.440. The Kier molecular flexibility index (Phi) is 5.11. The molecular weight excluding hydrogens is 375 g/mol. The highest BCUT2D eigenvalue weighted by molar-refractivity contribution is 6.07. The molecular formula is C22H17FN2O4. The lowest BCUT2D eigenvalue weighted by molar-refractivity contribution is -0.120. The average molecular weight is 392 g/mol. The molecule has 146 valence electrons. The van der Waals surface area contributed by atoms with Crippen LogP contribution in [0.15, 0.2) is 70.2 Å². The highest BCUT2D eigenvalue weighted by atomic mass is 19.1. The number of nitrogens with zero attached hydrogens (tertiary/aromatic N) is 1. The third-order valence-electron chi connectivity index (χ3n) is 4.34. The average Bonchev–Trinajstić information content (AvgIpc) is 3.09. The van der Waals surface area contributed by atoms with E-state index >= 15 is 0 Å². The monoisotopic (exact) mass is 392 g/mol. The van der Waals surface area contributed by atoms with E-state index in [0.717, 1.165) is 16.4 Å². The fourth-order valence-electron chi connectivity index (χ4n) is 2.97. The SMILES string of the molecule is COc1cc2c(cc1NC(=O)CO/N=C\c1ccccc1F)oc1ccccc12. The summed E-state index contributed by atoms with van der Waals surface area (Å²) in [4.78, 5) is 17.2. The molecule has 0 fully saturated rings. The first kappa shape index (κ1) is 18.5. The number of para-hydroxylation sites is 1. The molecule has 1 N–H and O–H groups in total. The first-order chi connectivity index (χ1) is 14.2. The van der Waals surface area contributed by atoms with Crippen molar-refractivity contribution < 1.29 is 23.2 Å². The molecule has 0 bridgehead atoms. The van der Waals surface area contributed by atoms with Crippen molar-refractivity contribution in [3.63, 3.8) is 0 Å². The number of hydrogen-bond donors (Lipinski definition) is 1. The number of oxime groups is 1. The summed E-state index contributed by atoms with van der Waals surface area (Å²) in [5, 5.41) is 8.19. The number of fused-ring (bicyclic) bond motifs is 3. The zero-order valence-electron chi connectivity index (χ0n) is 15.5. The van der Waals surface area contributed by atoms with Crippen molar-refractivity contribution in [2.45, 2.75) is 0 Å². The molecule has 1 amide bonds. The van der Waals surface area contributed by atoms with Crippen LogP contribution < -0.4 is 10.1 Å². The van der Waals surface area contributed by atoms with Crippen molar-refractivity contribution in [2.75, 3.05) is 19.0 Å². The van der Waals surface area contributed by atoms with Crippen LogP contribution in [0.5, 0.6) is 5.75 Å². The topological polar surface area (TPSA) is 73.1 Å². The number of anilines is 1. The van der Waals surface area contributed by atoms with Gasteiger partial charge in [0.05, 0.1) is 19.0 Å². The van der Waals surface area contributed by atoms with Crippen LogP contribution in [0.25, 0.3) is 21.9 Å². The normalized spacial score (nSPS) is 11.2. The van der Waals surface area contributed by atoms with Crippen LogP contribution in [0, 0.1) is 5.82 Å². The first-order valence-electron chi connectivity index (χ1n) is 8.84.